The van der Waals surface area contributed by atoms with Crippen LogP contribution in [0.15, 0.2) is 46.3 Å². The average molecular weight is 424 g/mol. The number of benzene rings is 2. The molecule has 158 valence electrons. The highest BCUT2D eigenvalue weighted by Crippen LogP contribution is 2.28. The van der Waals surface area contributed by atoms with Crippen molar-refractivity contribution in [3.05, 3.63) is 63.4 Å². The van der Waals surface area contributed by atoms with Crippen molar-refractivity contribution >= 4 is 34.3 Å². The highest BCUT2D eigenvalue weighted by molar-refractivity contribution is 8.00. The van der Waals surface area contributed by atoms with Gasteiger partial charge in [-0.1, -0.05) is 48.5 Å². The second kappa shape index (κ2) is 9.04. The SMILES string of the molecule is CC[C@@H](C)n1c(S[C@H](C)C(=O)Nc2c(C)cc(C)cc2C)nc2ccccc2c1=O. The first-order chi connectivity index (χ1) is 14.2. The molecule has 1 N–H and O–H groups in total. The third-order valence-electron chi connectivity index (χ3n) is 5.38. The number of rotatable bonds is 6. The van der Waals surface area contributed by atoms with Crippen molar-refractivity contribution in [3.63, 3.8) is 0 Å². The number of nitrogens with zero attached hydrogens (tertiary/aromatic N) is 2. The van der Waals surface area contributed by atoms with E-state index >= 15 is 0 Å². The number of anilines is 1. The zero-order valence-electron chi connectivity index (χ0n) is 18.4. The fourth-order valence-corrected chi connectivity index (χ4v) is 4.60. The van der Waals surface area contributed by atoms with Crippen LogP contribution in [0, 0.1) is 20.8 Å². The summed E-state index contributed by atoms with van der Waals surface area (Å²) in [4.78, 5) is 30.8. The highest BCUT2D eigenvalue weighted by atomic mass is 32.2. The second-order valence-electron chi connectivity index (χ2n) is 7.87. The average Bonchev–Trinajstić information content (AvgIpc) is 2.70. The van der Waals surface area contributed by atoms with Gasteiger partial charge in [-0.3, -0.25) is 14.2 Å². The zero-order chi connectivity index (χ0) is 22.0. The number of hydrogen-bond donors (Lipinski definition) is 1. The number of carbonyl (C=O) groups is 1. The molecule has 5 nitrogen and oxygen atoms in total. The summed E-state index contributed by atoms with van der Waals surface area (Å²) in [5.41, 5.74) is 4.70. The molecule has 0 saturated heterocycles. The standard InChI is InChI=1S/C24H29N3O2S/c1-7-17(5)27-23(29)19-10-8-9-11-20(19)25-24(27)30-18(6)22(28)26-21-15(3)12-14(2)13-16(21)4/h8-13,17-18H,7H2,1-6H3,(H,26,28)/t17-,18-/m1/s1. The molecule has 0 radical (unpaired) electrons. The Balaban J connectivity index is 1.93. The van der Waals surface area contributed by atoms with Crippen LogP contribution in [0.3, 0.4) is 0 Å². The molecule has 0 saturated carbocycles. The Morgan fingerprint density at radius 2 is 1.77 bits per heavy atom. The van der Waals surface area contributed by atoms with E-state index in [1.54, 1.807) is 10.6 Å². The summed E-state index contributed by atoms with van der Waals surface area (Å²) in [5, 5.41) is 3.84. The second-order valence-corrected chi connectivity index (χ2v) is 9.17. The molecular formula is C24H29N3O2S. The molecule has 1 aromatic heterocycles. The van der Waals surface area contributed by atoms with Crippen LogP contribution >= 0.6 is 11.8 Å². The van der Waals surface area contributed by atoms with Crippen LogP contribution in [0.25, 0.3) is 10.9 Å². The Bertz CT molecular complexity index is 1130. The van der Waals surface area contributed by atoms with Gasteiger partial charge in [-0.2, -0.15) is 0 Å². The van der Waals surface area contributed by atoms with E-state index in [1.165, 1.54) is 17.3 Å². The van der Waals surface area contributed by atoms with Gasteiger partial charge in [0.2, 0.25) is 5.91 Å². The van der Waals surface area contributed by atoms with E-state index in [2.05, 4.69) is 17.4 Å². The number of aromatic nitrogens is 2. The maximum absolute atomic E-state index is 13.1. The monoisotopic (exact) mass is 423 g/mol. The quantitative estimate of drug-likeness (QED) is 0.425. The number of carbonyl (C=O) groups excluding carboxylic acids is 1. The largest absolute Gasteiger partial charge is 0.325 e. The fourth-order valence-electron chi connectivity index (χ4n) is 3.59. The van der Waals surface area contributed by atoms with Gasteiger partial charge in [-0.15, -0.1) is 0 Å². The van der Waals surface area contributed by atoms with Crippen LogP contribution in [-0.2, 0) is 4.79 Å². The van der Waals surface area contributed by atoms with Crippen molar-refractivity contribution in [1.82, 2.24) is 9.55 Å². The molecule has 3 rings (SSSR count). The lowest BCUT2D eigenvalue weighted by Gasteiger charge is -2.20. The Kier molecular flexibility index (Phi) is 6.66. The fraction of sp³-hybridized carbons (Fsp3) is 0.375. The zero-order valence-corrected chi connectivity index (χ0v) is 19.3. The predicted molar refractivity (Wildman–Crippen MR) is 126 cm³/mol. The minimum Gasteiger partial charge on any atom is -0.325 e. The number of fused-ring (bicyclic) bond motifs is 1. The Labute approximate surface area is 181 Å². The number of amides is 1. The van der Waals surface area contributed by atoms with Crippen LogP contribution in [0.1, 0.15) is 49.9 Å². The summed E-state index contributed by atoms with van der Waals surface area (Å²) in [5.74, 6) is -0.104. The first-order valence-corrected chi connectivity index (χ1v) is 11.2. The summed E-state index contributed by atoms with van der Waals surface area (Å²) >= 11 is 1.32. The molecule has 0 aliphatic heterocycles. The number of thioether (sulfide) groups is 1. The molecule has 2 atom stereocenters. The maximum Gasteiger partial charge on any atom is 0.262 e. The molecule has 30 heavy (non-hydrogen) atoms. The normalized spacial score (nSPS) is 13.3. The lowest BCUT2D eigenvalue weighted by atomic mass is 10.1. The molecule has 6 heteroatoms. The van der Waals surface area contributed by atoms with E-state index in [0.717, 1.165) is 23.2 Å². The van der Waals surface area contributed by atoms with Crippen molar-refractivity contribution < 1.29 is 4.79 Å². The van der Waals surface area contributed by atoms with E-state index in [1.807, 2.05) is 59.7 Å². The molecule has 0 aliphatic carbocycles. The minimum atomic E-state index is -0.409. The van der Waals surface area contributed by atoms with E-state index < -0.39 is 5.25 Å². The minimum absolute atomic E-state index is 0.00560. The molecule has 0 unspecified atom stereocenters. The lowest BCUT2D eigenvalue weighted by molar-refractivity contribution is -0.115. The molecule has 0 bridgehead atoms. The van der Waals surface area contributed by atoms with Gasteiger partial charge in [-0.05, 0) is 64.3 Å². The highest BCUT2D eigenvalue weighted by Gasteiger charge is 2.22. The number of hydrogen-bond acceptors (Lipinski definition) is 4. The van der Waals surface area contributed by atoms with E-state index in [0.29, 0.717) is 16.1 Å². The molecule has 0 aliphatic rings. The molecule has 3 aromatic rings. The van der Waals surface area contributed by atoms with Crippen molar-refractivity contribution in [2.45, 2.75) is 64.4 Å². The van der Waals surface area contributed by atoms with Gasteiger partial charge in [0, 0.05) is 11.7 Å². The van der Waals surface area contributed by atoms with Crippen molar-refractivity contribution in [2.24, 2.45) is 0 Å². The first kappa shape index (κ1) is 22.1. The van der Waals surface area contributed by atoms with Crippen molar-refractivity contribution in [3.8, 4) is 0 Å². The summed E-state index contributed by atoms with van der Waals surface area (Å²) in [6.45, 7) is 11.9. The molecule has 0 spiro atoms. The van der Waals surface area contributed by atoms with Gasteiger partial charge in [0.1, 0.15) is 0 Å². The van der Waals surface area contributed by atoms with Crippen LogP contribution < -0.4 is 10.9 Å². The number of nitrogens with one attached hydrogen (secondary N) is 1. The lowest BCUT2D eigenvalue weighted by Crippen LogP contribution is -2.29. The van der Waals surface area contributed by atoms with Gasteiger partial charge < -0.3 is 5.32 Å². The molecular weight excluding hydrogens is 394 g/mol. The van der Waals surface area contributed by atoms with E-state index in [4.69, 9.17) is 4.98 Å². The van der Waals surface area contributed by atoms with Crippen molar-refractivity contribution in [2.75, 3.05) is 5.32 Å². The summed E-state index contributed by atoms with van der Waals surface area (Å²) in [6.07, 6.45) is 0.801. The summed E-state index contributed by atoms with van der Waals surface area (Å²) in [6, 6.07) is 11.5. The number of para-hydroxylation sites is 1. The van der Waals surface area contributed by atoms with Gasteiger partial charge >= 0.3 is 0 Å². The summed E-state index contributed by atoms with van der Waals surface area (Å²) < 4.78 is 1.72. The van der Waals surface area contributed by atoms with Gasteiger partial charge in [0.05, 0.1) is 16.2 Å². The third-order valence-corrected chi connectivity index (χ3v) is 6.45. The Morgan fingerprint density at radius 3 is 2.40 bits per heavy atom. The Morgan fingerprint density at radius 1 is 1.13 bits per heavy atom. The Hall–Kier alpha value is -2.60. The summed E-state index contributed by atoms with van der Waals surface area (Å²) in [7, 11) is 0. The smallest absolute Gasteiger partial charge is 0.262 e. The third kappa shape index (κ3) is 4.43. The van der Waals surface area contributed by atoms with Crippen LogP contribution in [-0.4, -0.2) is 20.7 Å². The van der Waals surface area contributed by atoms with Gasteiger partial charge in [-0.25, -0.2) is 4.98 Å². The molecule has 2 aromatic carbocycles. The topological polar surface area (TPSA) is 64.0 Å². The maximum atomic E-state index is 13.1. The van der Waals surface area contributed by atoms with Crippen LogP contribution in [0.2, 0.25) is 0 Å². The van der Waals surface area contributed by atoms with Crippen LogP contribution in [0.5, 0.6) is 0 Å². The first-order valence-electron chi connectivity index (χ1n) is 10.3. The van der Waals surface area contributed by atoms with Crippen molar-refractivity contribution in [1.29, 1.82) is 0 Å². The van der Waals surface area contributed by atoms with E-state index in [-0.39, 0.29) is 17.5 Å². The van der Waals surface area contributed by atoms with E-state index in [9.17, 15) is 9.59 Å². The molecule has 0 fully saturated rings. The van der Waals surface area contributed by atoms with Gasteiger partial charge in [0.15, 0.2) is 5.16 Å². The molecule has 1 heterocycles. The van der Waals surface area contributed by atoms with Crippen LogP contribution in [0.4, 0.5) is 5.69 Å². The number of aryl methyl sites for hydroxylation is 3. The van der Waals surface area contributed by atoms with Gasteiger partial charge in [0.25, 0.3) is 5.56 Å². The predicted octanol–water partition coefficient (Wildman–Crippen LogP) is 5.41. The molecule has 1 amide bonds.